The lowest BCUT2D eigenvalue weighted by atomic mass is 10.3. The summed E-state index contributed by atoms with van der Waals surface area (Å²) in [6, 6.07) is 5.77. The van der Waals surface area contributed by atoms with Gasteiger partial charge in [0, 0.05) is 30.7 Å². The van der Waals surface area contributed by atoms with Crippen LogP contribution in [0.4, 0.5) is 0 Å². The maximum atomic E-state index is 5.79. The predicted molar refractivity (Wildman–Crippen MR) is 60.5 cm³/mol. The first-order valence-corrected chi connectivity index (χ1v) is 5.23. The third-order valence-corrected chi connectivity index (χ3v) is 2.21. The molecule has 0 bridgehead atoms. The Labute approximate surface area is 98.3 Å². The van der Waals surface area contributed by atoms with Gasteiger partial charge in [-0.05, 0) is 12.1 Å². The van der Waals surface area contributed by atoms with E-state index in [1.54, 1.807) is 12.4 Å². The Balaban J connectivity index is 1.87. The van der Waals surface area contributed by atoms with E-state index < -0.39 is 0 Å². The summed E-state index contributed by atoms with van der Waals surface area (Å²) in [5, 5.41) is 0.281. The van der Waals surface area contributed by atoms with Crippen LogP contribution in [0.2, 0.25) is 5.15 Å². The molecule has 4 nitrogen and oxygen atoms in total. The minimum absolute atomic E-state index is 0.281. The molecule has 0 amide bonds. The summed E-state index contributed by atoms with van der Waals surface area (Å²) < 4.78 is 5.40. The average Bonchev–Trinajstić information content (AvgIpc) is 2.33. The normalized spacial score (nSPS) is 10.1. The summed E-state index contributed by atoms with van der Waals surface area (Å²) in [7, 11) is 0. The van der Waals surface area contributed by atoms with Crippen LogP contribution in [0.25, 0.3) is 0 Å². The van der Waals surface area contributed by atoms with Gasteiger partial charge in [0.15, 0.2) is 5.15 Å². The van der Waals surface area contributed by atoms with Gasteiger partial charge in [0.2, 0.25) is 0 Å². The molecule has 5 heteroatoms. The van der Waals surface area contributed by atoms with Crippen molar-refractivity contribution in [1.82, 2.24) is 15.0 Å². The lowest BCUT2D eigenvalue weighted by Gasteiger charge is -2.05. The molecule has 16 heavy (non-hydrogen) atoms. The maximum Gasteiger partial charge on any atom is 0.252 e. The fourth-order valence-electron chi connectivity index (χ4n) is 1.20. The van der Waals surface area contributed by atoms with Crippen molar-refractivity contribution < 1.29 is 4.74 Å². The fraction of sp³-hybridized carbons (Fsp3) is 0.182. The third-order valence-electron chi connectivity index (χ3n) is 1.95. The molecule has 0 unspecified atom stereocenters. The van der Waals surface area contributed by atoms with Gasteiger partial charge < -0.3 is 4.74 Å². The Bertz CT molecular complexity index is 450. The van der Waals surface area contributed by atoms with Crippen molar-refractivity contribution in [3.05, 3.63) is 47.6 Å². The fourth-order valence-corrected chi connectivity index (χ4v) is 1.36. The van der Waals surface area contributed by atoms with Gasteiger partial charge in [0.1, 0.15) is 0 Å². The van der Waals surface area contributed by atoms with Gasteiger partial charge in [-0.25, -0.2) is 9.97 Å². The standard InChI is InChI=1S/C11H10ClN3O/c12-10-11(15-7-6-14-10)16-8-4-9-3-1-2-5-13-9/h1-3,5-7H,4,8H2. The van der Waals surface area contributed by atoms with Gasteiger partial charge in [0.25, 0.3) is 5.88 Å². The van der Waals surface area contributed by atoms with Crippen LogP contribution in [0, 0.1) is 0 Å². The number of hydrogen-bond donors (Lipinski definition) is 0. The first-order chi connectivity index (χ1) is 7.86. The van der Waals surface area contributed by atoms with E-state index in [4.69, 9.17) is 16.3 Å². The van der Waals surface area contributed by atoms with Gasteiger partial charge in [-0.2, -0.15) is 0 Å². The van der Waals surface area contributed by atoms with E-state index in [1.165, 1.54) is 6.20 Å². The van der Waals surface area contributed by atoms with E-state index in [9.17, 15) is 0 Å². The van der Waals surface area contributed by atoms with E-state index in [-0.39, 0.29) is 5.15 Å². The molecule has 0 aromatic carbocycles. The van der Waals surface area contributed by atoms with Crippen molar-refractivity contribution >= 4 is 11.6 Å². The zero-order valence-electron chi connectivity index (χ0n) is 8.51. The largest absolute Gasteiger partial charge is 0.475 e. The third kappa shape index (κ3) is 2.90. The van der Waals surface area contributed by atoms with E-state index in [1.807, 2.05) is 18.2 Å². The molecule has 2 aromatic rings. The molecular weight excluding hydrogens is 226 g/mol. The van der Waals surface area contributed by atoms with Crippen molar-refractivity contribution in [2.24, 2.45) is 0 Å². The zero-order chi connectivity index (χ0) is 11.2. The molecule has 0 fully saturated rings. The minimum atomic E-state index is 0.281. The van der Waals surface area contributed by atoms with Gasteiger partial charge in [0.05, 0.1) is 6.61 Å². The summed E-state index contributed by atoms with van der Waals surface area (Å²) in [6.07, 6.45) is 5.54. The molecule has 0 atom stereocenters. The van der Waals surface area contributed by atoms with Crippen LogP contribution in [0.1, 0.15) is 5.69 Å². The molecule has 0 radical (unpaired) electrons. The highest BCUT2D eigenvalue weighted by Crippen LogP contribution is 2.16. The molecule has 0 saturated heterocycles. The summed E-state index contributed by atoms with van der Waals surface area (Å²) in [5.74, 6) is 0.361. The monoisotopic (exact) mass is 235 g/mol. The Morgan fingerprint density at radius 1 is 1.06 bits per heavy atom. The van der Waals surface area contributed by atoms with Crippen molar-refractivity contribution in [2.45, 2.75) is 6.42 Å². The molecule has 2 heterocycles. The van der Waals surface area contributed by atoms with Crippen LogP contribution in [-0.4, -0.2) is 21.6 Å². The molecule has 82 valence electrons. The summed E-state index contributed by atoms with van der Waals surface area (Å²) >= 11 is 5.79. The van der Waals surface area contributed by atoms with Crippen molar-refractivity contribution in [3.8, 4) is 5.88 Å². The van der Waals surface area contributed by atoms with Crippen LogP contribution in [-0.2, 0) is 6.42 Å². The number of aromatic nitrogens is 3. The summed E-state index contributed by atoms with van der Waals surface area (Å²) in [4.78, 5) is 12.0. The molecule has 0 aliphatic rings. The number of nitrogens with zero attached hydrogens (tertiary/aromatic N) is 3. The van der Waals surface area contributed by atoms with Crippen LogP contribution in [0.15, 0.2) is 36.8 Å². The minimum Gasteiger partial charge on any atom is -0.475 e. The first-order valence-electron chi connectivity index (χ1n) is 4.85. The average molecular weight is 236 g/mol. The first kappa shape index (κ1) is 10.8. The molecule has 2 rings (SSSR count). The molecule has 0 N–H and O–H groups in total. The van der Waals surface area contributed by atoms with Gasteiger partial charge in [-0.3, -0.25) is 4.98 Å². The molecule has 0 spiro atoms. The van der Waals surface area contributed by atoms with Crippen LogP contribution < -0.4 is 4.74 Å². The quantitative estimate of drug-likeness (QED) is 0.815. The summed E-state index contributed by atoms with van der Waals surface area (Å²) in [5.41, 5.74) is 0.975. The van der Waals surface area contributed by atoms with Gasteiger partial charge in [-0.15, -0.1) is 0 Å². The molecular formula is C11H10ClN3O. The van der Waals surface area contributed by atoms with Crippen molar-refractivity contribution in [1.29, 1.82) is 0 Å². The zero-order valence-corrected chi connectivity index (χ0v) is 9.26. The lowest BCUT2D eigenvalue weighted by Crippen LogP contribution is -2.04. The highest BCUT2D eigenvalue weighted by atomic mass is 35.5. The second-order valence-corrected chi connectivity index (χ2v) is 3.43. The second kappa shape index (κ2) is 5.42. The number of rotatable bonds is 4. The predicted octanol–water partition coefficient (Wildman–Crippen LogP) is 2.15. The van der Waals surface area contributed by atoms with E-state index in [0.29, 0.717) is 18.9 Å². The lowest BCUT2D eigenvalue weighted by molar-refractivity contribution is 0.307. The Hall–Kier alpha value is -1.68. The van der Waals surface area contributed by atoms with E-state index in [0.717, 1.165) is 5.69 Å². The Morgan fingerprint density at radius 2 is 1.94 bits per heavy atom. The molecule has 0 saturated carbocycles. The van der Waals surface area contributed by atoms with Gasteiger partial charge in [-0.1, -0.05) is 17.7 Å². The van der Waals surface area contributed by atoms with Crippen LogP contribution in [0.3, 0.4) is 0 Å². The van der Waals surface area contributed by atoms with Crippen LogP contribution in [0.5, 0.6) is 5.88 Å². The maximum absolute atomic E-state index is 5.79. The Morgan fingerprint density at radius 3 is 2.69 bits per heavy atom. The van der Waals surface area contributed by atoms with Crippen molar-refractivity contribution in [2.75, 3.05) is 6.61 Å². The second-order valence-electron chi connectivity index (χ2n) is 3.07. The van der Waals surface area contributed by atoms with Gasteiger partial charge >= 0.3 is 0 Å². The highest BCUT2D eigenvalue weighted by Gasteiger charge is 2.02. The Kier molecular flexibility index (Phi) is 3.66. The highest BCUT2D eigenvalue weighted by molar-refractivity contribution is 6.30. The smallest absolute Gasteiger partial charge is 0.252 e. The van der Waals surface area contributed by atoms with E-state index in [2.05, 4.69) is 15.0 Å². The topological polar surface area (TPSA) is 47.9 Å². The molecule has 2 aromatic heterocycles. The van der Waals surface area contributed by atoms with Crippen LogP contribution >= 0.6 is 11.6 Å². The number of ether oxygens (including phenoxy) is 1. The van der Waals surface area contributed by atoms with E-state index >= 15 is 0 Å². The number of pyridine rings is 1. The SMILES string of the molecule is Clc1nccnc1OCCc1ccccn1. The molecule has 0 aliphatic heterocycles. The summed E-state index contributed by atoms with van der Waals surface area (Å²) in [6.45, 7) is 0.482. The molecule has 0 aliphatic carbocycles. The van der Waals surface area contributed by atoms with Crippen molar-refractivity contribution in [3.63, 3.8) is 0 Å². The number of hydrogen-bond acceptors (Lipinski definition) is 4. The number of halogens is 1.